The van der Waals surface area contributed by atoms with Crippen LogP contribution < -0.4 is 0 Å². The first-order chi connectivity index (χ1) is 21.2. The second kappa shape index (κ2) is 26.2. The summed E-state index contributed by atoms with van der Waals surface area (Å²) in [5.74, 6) is 0.232. The minimum atomic E-state index is 0.232. The minimum absolute atomic E-state index is 0.232. The molecule has 0 spiro atoms. The molecule has 242 valence electrons. The van der Waals surface area contributed by atoms with Gasteiger partial charge in [0.2, 0.25) is 0 Å². The lowest BCUT2D eigenvalue weighted by Gasteiger charge is -2.09. The van der Waals surface area contributed by atoms with Crippen molar-refractivity contribution in [2.24, 2.45) is 0 Å². The number of Topliss-reactive ketones (excluding diaryl/α,β-unsaturated/α-hetero) is 1. The van der Waals surface area contributed by atoms with Gasteiger partial charge in [-0.1, -0.05) is 150 Å². The van der Waals surface area contributed by atoms with Crippen LogP contribution >= 0.6 is 0 Å². The van der Waals surface area contributed by atoms with Gasteiger partial charge in [-0.05, 0) is 87.1 Å². The van der Waals surface area contributed by atoms with Crippen LogP contribution in [0.25, 0.3) is 5.57 Å². The number of hydrogen-bond acceptors (Lipinski definition) is 2. The van der Waals surface area contributed by atoms with Crippen molar-refractivity contribution in [2.75, 3.05) is 7.11 Å². The van der Waals surface area contributed by atoms with Crippen molar-refractivity contribution in [1.82, 2.24) is 0 Å². The van der Waals surface area contributed by atoms with Crippen LogP contribution in [-0.2, 0) is 12.8 Å². The first-order valence-electron chi connectivity index (χ1n) is 16.8. The standard InChI is InChI=1S/C21H24O.C12H18.C8H16.CH4O/c1-5-6-21(22)19-10-7-17(8-11-19)14-18-9-12-20(15(2)3)16(4)13-18;1-2-3-4-6-9-12-10-7-5-8-11-12;1-4-6-7-8(3)5-2;1-2/h7-13H,2,5-6,14H2,1,3-4H3;5,7-8,10-11H,2-4,6,9H2,1H3;7H,4-6H2,1-3H3;2H,1H3/b;;8-7-;. The van der Waals surface area contributed by atoms with E-state index in [4.69, 9.17) is 5.11 Å². The maximum Gasteiger partial charge on any atom is 0.162 e. The van der Waals surface area contributed by atoms with Crippen LogP contribution in [0.2, 0.25) is 0 Å². The Labute approximate surface area is 271 Å². The van der Waals surface area contributed by atoms with Gasteiger partial charge in [-0.2, -0.15) is 0 Å². The zero-order chi connectivity index (χ0) is 33.2. The lowest BCUT2D eigenvalue weighted by atomic mass is 9.96. The van der Waals surface area contributed by atoms with E-state index in [1.807, 2.05) is 26.0 Å². The molecule has 0 heterocycles. The van der Waals surface area contributed by atoms with Crippen LogP contribution in [0.3, 0.4) is 0 Å². The number of aryl methyl sites for hydroxylation is 2. The highest BCUT2D eigenvalue weighted by Crippen LogP contribution is 2.20. The van der Waals surface area contributed by atoms with Crippen LogP contribution in [0.4, 0.5) is 0 Å². The van der Waals surface area contributed by atoms with E-state index in [2.05, 4.69) is 108 Å². The molecule has 3 rings (SSSR count). The normalized spacial score (nSPS) is 10.3. The largest absolute Gasteiger partial charge is 0.400 e. The number of rotatable bonds is 14. The Bertz CT molecular complexity index is 1190. The van der Waals surface area contributed by atoms with E-state index in [9.17, 15) is 4.79 Å². The van der Waals surface area contributed by atoms with E-state index in [1.165, 1.54) is 84.8 Å². The first kappa shape index (κ1) is 40.8. The van der Waals surface area contributed by atoms with Gasteiger partial charge in [0.05, 0.1) is 0 Å². The highest BCUT2D eigenvalue weighted by atomic mass is 16.2. The van der Waals surface area contributed by atoms with Gasteiger partial charge in [0.1, 0.15) is 0 Å². The summed E-state index contributed by atoms with van der Waals surface area (Å²) in [7, 11) is 1.00. The van der Waals surface area contributed by atoms with Gasteiger partial charge in [0.15, 0.2) is 5.78 Å². The predicted molar refractivity (Wildman–Crippen MR) is 196 cm³/mol. The fraction of sp³-hybridized carbons (Fsp3) is 0.452. The highest BCUT2D eigenvalue weighted by Gasteiger charge is 2.06. The Morgan fingerprint density at radius 1 is 0.750 bits per heavy atom. The smallest absolute Gasteiger partial charge is 0.162 e. The summed E-state index contributed by atoms with van der Waals surface area (Å²) in [5, 5.41) is 7.00. The molecule has 0 bridgehead atoms. The van der Waals surface area contributed by atoms with Crippen molar-refractivity contribution in [3.8, 4) is 0 Å². The van der Waals surface area contributed by atoms with Crippen LogP contribution in [0.1, 0.15) is 138 Å². The molecule has 0 fully saturated rings. The predicted octanol–water partition coefficient (Wildman–Crippen LogP) is 12.2. The maximum absolute atomic E-state index is 11.9. The Balaban J connectivity index is 0.000000705. The van der Waals surface area contributed by atoms with Gasteiger partial charge in [0, 0.05) is 19.1 Å². The number of allylic oxidation sites excluding steroid dienone is 3. The number of ketones is 1. The minimum Gasteiger partial charge on any atom is -0.400 e. The molecular weight excluding hydrogens is 536 g/mol. The molecule has 0 amide bonds. The number of carbonyl (C=O) groups excluding carboxylic acids is 1. The molecule has 0 unspecified atom stereocenters. The summed E-state index contributed by atoms with van der Waals surface area (Å²) < 4.78 is 0. The number of hydrogen-bond donors (Lipinski definition) is 1. The molecule has 0 aliphatic heterocycles. The summed E-state index contributed by atoms with van der Waals surface area (Å²) in [6.07, 6.45) is 15.2. The quantitative estimate of drug-likeness (QED) is 0.114. The van der Waals surface area contributed by atoms with E-state index in [0.29, 0.717) is 6.42 Å². The van der Waals surface area contributed by atoms with Gasteiger partial charge in [-0.15, -0.1) is 0 Å². The number of unbranched alkanes of at least 4 members (excludes halogenated alkanes) is 4. The monoisotopic (exact) mass is 598 g/mol. The summed E-state index contributed by atoms with van der Waals surface area (Å²) in [4.78, 5) is 11.9. The van der Waals surface area contributed by atoms with Crippen LogP contribution in [0.5, 0.6) is 0 Å². The third-order valence-electron chi connectivity index (χ3n) is 7.41. The van der Waals surface area contributed by atoms with Crippen molar-refractivity contribution < 1.29 is 9.90 Å². The maximum atomic E-state index is 11.9. The average molecular weight is 599 g/mol. The first-order valence-corrected chi connectivity index (χ1v) is 16.8. The zero-order valence-corrected chi connectivity index (χ0v) is 29.3. The van der Waals surface area contributed by atoms with Gasteiger partial charge in [-0.25, -0.2) is 0 Å². The second-order valence-corrected chi connectivity index (χ2v) is 11.5. The van der Waals surface area contributed by atoms with Gasteiger partial charge in [-0.3, -0.25) is 4.79 Å². The molecule has 3 aromatic rings. The molecular formula is C42H62O2. The summed E-state index contributed by atoms with van der Waals surface area (Å²) in [6.45, 7) is 19.0. The van der Waals surface area contributed by atoms with Gasteiger partial charge < -0.3 is 5.11 Å². The Morgan fingerprint density at radius 2 is 1.39 bits per heavy atom. The third kappa shape index (κ3) is 18.4. The van der Waals surface area contributed by atoms with E-state index in [-0.39, 0.29) is 5.78 Å². The highest BCUT2D eigenvalue weighted by molar-refractivity contribution is 5.96. The van der Waals surface area contributed by atoms with Crippen LogP contribution in [0, 0.1) is 6.92 Å². The summed E-state index contributed by atoms with van der Waals surface area (Å²) in [5.41, 5.74) is 9.93. The second-order valence-electron chi connectivity index (χ2n) is 11.5. The van der Waals surface area contributed by atoms with Crippen LogP contribution in [-0.4, -0.2) is 18.0 Å². The van der Waals surface area contributed by atoms with Gasteiger partial charge >= 0.3 is 0 Å². The molecule has 44 heavy (non-hydrogen) atoms. The fourth-order valence-electron chi connectivity index (χ4n) is 4.67. The van der Waals surface area contributed by atoms with E-state index >= 15 is 0 Å². The lowest BCUT2D eigenvalue weighted by Crippen LogP contribution is -1.98. The molecule has 0 atom stereocenters. The topological polar surface area (TPSA) is 37.3 Å². The van der Waals surface area contributed by atoms with Crippen molar-refractivity contribution in [3.05, 3.63) is 124 Å². The molecule has 0 aliphatic rings. The zero-order valence-electron chi connectivity index (χ0n) is 29.3. The summed E-state index contributed by atoms with van der Waals surface area (Å²) >= 11 is 0. The molecule has 3 aromatic carbocycles. The number of aliphatic hydroxyl groups is 1. The van der Waals surface area contributed by atoms with Crippen molar-refractivity contribution >= 4 is 11.4 Å². The fourth-order valence-corrected chi connectivity index (χ4v) is 4.67. The third-order valence-corrected chi connectivity index (χ3v) is 7.41. The number of benzene rings is 3. The van der Waals surface area contributed by atoms with Crippen LogP contribution in [0.15, 0.2) is 91.0 Å². The van der Waals surface area contributed by atoms with E-state index in [0.717, 1.165) is 31.1 Å². The lowest BCUT2D eigenvalue weighted by molar-refractivity contribution is 0.0981. The molecule has 0 radical (unpaired) electrons. The van der Waals surface area contributed by atoms with Crippen molar-refractivity contribution in [3.63, 3.8) is 0 Å². The number of carbonyl (C=O) groups is 1. The van der Waals surface area contributed by atoms with Crippen molar-refractivity contribution in [2.45, 2.75) is 119 Å². The molecule has 2 nitrogen and oxygen atoms in total. The van der Waals surface area contributed by atoms with E-state index < -0.39 is 0 Å². The molecule has 0 aliphatic carbocycles. The number of aliphatic hydroxyl groups excluding tert-OH is 1. The van der Waals surface area contributed by atoms with E-state index in [1.54, 1.807) is 0 Å². The summed E-state index contributed by atoms with van der Waals surface area (Å²) in [6, 6.07) is 25.3. The Kier molecular flexibility index (Phi) is 24.3. The molecule has 1 N–H and O–H groups in total. The molecule has 0 saturated carbocycles. The Morgan fingerprint density at radius 3 is 1.91 bits per heavy atom. The molecule has 0 aromatic heterocycles. The molecule has 2 heteroatoms. The SMILES string of the molecule is C=C(C)c1ccc(Cc2ccc(C(=O)CCC)cc2)cc1C.CCC/C=C(/C)CC.CCCCCCc1ccccc1.CO. The van der Waals surface area contributed by atoms with Crippen molar-refractivity contribution in [1.29, 1.82) is 0 Å². The van der Waals surface area contributed by atoms with Gasteiger partial charge in [0.25, 0.3) is 0 Å². The molecule has 0 saturated heterocycles. The average Bonchev–Trinajstić information content (AvgIpc) is 3.04. The Hall–Kier alpha value is -3.23.